The quantitative estimate of drug-likeness (QED) is 0.802. The molecule has 2 aromatic rings. The molecule has 0 saturated carbocycles. The van der Waals surface area contributed by atoms with Crippen molar-refractivity contribution in [3.8, 4) is 5.75 Å². The summed E-state index contributed by atoms with van der Waals surface area (Å²) < 4.78 is 5.04. The monoisotopic (exact) mass is 323 g/mol. The third kappa shape index (κ3) is 4.17. The third-order valence-electron chi connectivity index (χ3n) is 2.63. The summed E-state index contributed by atoms with van der Waals surface area (Å²) in [6.07, 6.45) is 2.60. The molecule has 0 aliphatic rings. The zero-order chi connectivity index (χ0) is 15.2. The fraction of sp³-hybridized carbons (Fsp3) is 0.143. The number of rotatable bonds is 6. The van der Waals surface area contributed by atoms with E-state index in [0.29, 0.717) is 17.2 Å². The lowest BCUT2D eigenvalue weighted by atomic mass is 10.2. The van der Waals surface area contributed by atoms with Crippen molar-refractivity contribution >= 4 is 40.6 Å². The summed E-state index contributed by atoms with van der Waals surface area (Å²) in [6, 6.07) is 3.50. The highest BCUT2D eigenvalue weighted by Crippen LogP contribution is 2.22. The van der Waals surface area contributed by atoms with E-state index in [1.807, 2.05) is 11.4 Å². The van der Waals surface area contributed by atoms with Crippen molar-refractivity contribution in [3.05, 3.63) is 44.3 Å². The van der Waals surface area contributed by atoms with Crippen molar-refractivity contribution in [2.75, 3.05) is 7.11 Å². The first kappa shape index (κ1) is 15.3. The number of methoxy groups -OCH3 is 1. The van der Waals surface area contributed by atoms with Crippen LogP contribution in [0.3, 0.4) is 0 Å². The predicted molar refractivity (Wildman–Crippen MR) is 83.0 cm³/mol. The van der Waals surface area contributed by atoms with Crippen molar-refractivity contribution in [2.24, 2.45) is 0 Å². The van der Waals surface area contributed by atoms with Crippen LogP contribution in [-0.4, -0.2) is 24.1 Å². The van der Waals surface area contributed by atoms with E-state index in [1.54, 1.807) is 18.6 Å². The van der Waals surface area contributed by atoms with Crippen molar-refractivity contribution in [2.45, 2.75) is 6.54 Å². The highest BCUT2D eigenvalue weighted by atomic mass is 32.1. The molecule has 2 aromatic heterocycles. The fourth-order valence-electron chi connectivity index (χ4n) is 1.60. The van der Waals surface area contributed by atoms with Gasteiger partial charge in [-0.2, -0.15) is 0 Å². The predicted octanol–water partition coefficient (Wildman–Crippen LogP) is 2.85. The smallest absolute Gasteiger partial charge is 0.328 e. The summed E-state index contributed by atoms with van der Waals surface area (Å²) in [7, 11) is 1.55. The minimum absolute atomic E-state index is 0.176. The number of thiophene rings is 2. The molecule has 0 unspecified atom stereocenters. The van der Waals surface area contributed by atoms with Crippen LogP contribution in [0.1, 0.15) is 20.1 Å². The minimum atomic E-state index is -0.998. The number of ether oxygens (including phenoxy) is 1. The van der Waals surface area contributed by atoms with Gasteiger partial charge >= 0.3 is 5.97 Å². The molecule has 2 rings (SSSR count). The molecule has 1 amide bonds. The van der Waals surface area contributed by atoms with Crippen molar-refractivity contribution in [1.82, 2.24) is 5.32 Å². The number of aliphatic carboxylic acids is 1. The summed E-state index contributed by atoms with van der Waals surface area (Å²) in [5, 5.41) is 15.1. The van der Waals surface area contributed by atoms with Gasteiger partial charge in [0.1, 0.15) is 5.75 Å². The van der Waals surface area contributed by atoms with Gasteiger partial charge in [0.2, 0.25) is 0 Å². The van der Waals surface area contributed by atoms with Crippen LogP contribution in [0, 0.1) is 0 Å². The number of hydrogen-bond acceptors (Lipinski definition) is 5. The second-order valence-electron chi connectivity index (χ2n) is 4.00. The van der Waals surface area contributed by atoms with Gasteiger partial charge in [-0.1, -0.05) is 0 Å². The molecular weight excluding hydrogens is 310 g/mol. The molecule has 2 N–H and O–H groups in total. The van der Waals surface area contributed by atoms with Crippen LogP contribution in [-0.2, 0) is 11.3 Å². The molecule has 0 spiro atoms. The number of nitrogens with one attached hydrogen (secondary N) is 1. The van der Waals surface area contributed by atoms with E-state index >= 15 is 0 Å². The Morgan fingerprint density at radius 3 is 2.90 bits per heavy atom. The van der Waals surface area contributed by atoms with Crippen molar-refractivity contribution in [1.29, 1.82) is 0 Å². The van der Waals surface area contributed by atoms with E-state index in [2.05, 4.69) is 5.32 Å². The van der Waals surface area contributed by atoms with Crippen LogP contribution >= 0.6 is 22.7 Å². The van der Waals surface area contributed by atoms with E-state index in [-0.39, 0.29) is 5.91 Å². The zero-order valence-electron chi connectivity index (χ0n) is 11.2. The Bertz CT molecular complexity index is 672. The van der Waals surface area contributed by atoms with Gasteiger partial charge in [-0.05, 0) is 23.1 Å². The maximum absolute atomic E-state index is 12.0. The molecule has 0 radical (unpaired) electrons. The summed E-state index contributed by atoms with van der Waals surface area (Å²) in [4.78, 5) is 24.0. The number of amides is 1. The topological polar surface area (TPSA) is 75.6 Å². The van der Waals surface area contributed by atoms with E-state index in [1.165, 1.54) is 28.7 Å². The lowest BCUT2D eigenvalue weighted by Gasteiger charge is -2.03. The average molecular weight is 323 g/mol. The van der Waals surface area contributed by atoms with Crippen LogP contribution < -0.4 is 10.1 Å². The summed E-state index contributed by atoms with van der Waals surface area (Å²) >= 11 is 2.78. The molecule has 110 valence electrons. The van der Waals surface area contributed by atoms with E-state index in [0.717, 1.165) is 16.5 Å². The Balaban J connectivity index is 1.98. The second-order valence-corrected chi connectivity index (χ2v) is 5.92. The summed E-state index contributed by atoms with van der Waals surface area (Å²) in [5.74, 6) is -0.516. The summed E-state index contributed by atoms with van der Waals surface area (Å²) in [5.41, 5.74) is 0.798. The van der Waals surface area contributed by atoms with Gasteiger partial charge in [0.15, 0.2) is 0 Å². The Kier molecular flexibility index (Phi) is 5.13. The van der Waals surface area contributed by atoms with Gasteiger partial charge < -0.3 is 15.2 Å². The first-order chi connectivity index (χ1) is 10.1. The molecule has 0 bridgehead atoms. The Morgan fingerprint density at radius 2 is 2.24 bits per heavy atom. The summed E-state index contributed by atoms with van der Waals surface area (Å²) in [6.45, 7) is 0.357. The van der Waals surface area contributed by atoms with Gasteiger partial charge in [-0.25, -0.2) is 4.79 Å². The standard InChI is InChI=1S/C14H13NO4S2/c1-19-10-6-11(21-8-10)14(18)15-7-12-9(4-5-20-12)2-3-13(16)17/h2-6,8H,7H2,1H3,(H,15,18)(H,16,17)/b3-2+. The van der Waals surface area contributed by atoms with Crippen LogP contribution in [0.25, 0.3) is 6.08 Å². The normalized spacial score (nSPS) is 10.7. The van der Waals surface area contributed by atoms with Gasteiger partial charge in [0, 0.05) is 22.4 Å². The Morgan fingerprint density at radius 1 is 1.43 bits per heavy atom. The molecule has 0 fully saturated rings. The second kappa shape index (κ2) is 7.05. The molecule has 0 atom stereocenters. The molecule has 0 saturated heterocycles. The van der Waals surface area contributed by atoms with E-state index < -0.39 is 5.97 Å². The largest absolute Gasteiger partial charge is 0.496 e. The Hall–Kier alpha value is -2.12. The molecule has 0 aliphatic heterocycles. The van der Waals surface area contributed by atoms with Crippen LogP contribution in [0.4, 0.5) is 0 Å². The number of carboxylic acid groups (broad SMARTS) is 1. The maximum Gasteiger partial charge on any atom is 0.328 e. The lowest BCUT2D eigenvalue weighted by Crippen LogP contribution is -2.21. The first-order valence-electron chi connectivity index (χ1n) is 5.98. The van der Waals surface area contributed by atoms with Gasteiger partial charge in [-0.3, -0.25) is 4.79 Å². The molecule has 0 aliphatic carbocycles. The number of carbonyl (C=O) groups is 2. The fourth-order valence-corrected chi connectivity index (χ4v) is 3.17. The molecule has 7 heteroatoms. The molecule has 5 nitrogen and oxygen atoms in total. The molecule has 21 heavy (non-hydrogen) atoms. The van der Waals surface area contributed by atoms with Crippen molar-refractivity contribution in [3.63, 3.8) is 0 Å². The minimum Gasteiger partial charge on any atom is -0.496 e. The van der Waals surface area contributed by atoms with Crippen LogP contribution in [0.5, 0.6) is 5.75 Å². The van der Waals surface area contributed by atoms with Gasteiger partial charge in [0.05, 0.1) is 18.5 Å². The first-order valence-corrected chi connectivity index (χ1v) is 7.74. The maximum atomic E-state index is 12.0. The van der Waals surface area contributed by atoms with Gasteiger partial charge in [0.25, 0.3) is 5.91 Å². The van der Waals surface area contributed by atoms with Gasteiger partial charge in [-0.15, -0.1) is 22.7 Å². The van der Waals surface area contributed by atoms with E-state index in [9.17, 15) is 9.59 Å². The number of carboxylic acids is 1. The highest BCUT2D eigenvalue weighted by Gasteiger charge is 2.10. The lowest BCUT2D eigenvalue weighted by molar-refractivity contribution is -0.131. The molecular formula is C14H13NO4S2. The molecule has 0 aromatic carbocycles. The highest BCUT2D eigenvalue weighted by molar-refractivity contribution is 7.12. The third-order valence-corrected chi connectivity index (χ3v) is 4.47. The van der Waals surface area contributed by atoms with Crippen LogP contribution in [0.15, 0.2) is 29.0 Å². The number of hydrogen-bond donors (Lipinski definition) is 2. The molecule has 2 heterocycles. The zero-order valence-corrected chi connectivity index (χ0v) is 12.8. The Labute approximate surface area is 129 Å². The average Bonchev–Trinajstić information content (AvgIpc) is 3.11. The SMILES string of the molecule is COc1csc(C(=O)NCc2sccc2/C=C/C(=O)O)c1. The van der Waals surface area contributed by atoms with Crippen LogP contribution in [0.2, 0.25) is 0 Å². The number of carbonyl (C=O) groups excluding carboxylic acids is 1. The van der Waals surface area contributed by atoms with Crippen molar-refractivity contribution < 1.29 is 19.4 Å². The van der Waals surface area contributed by atoms with E-state index in [4.69, 9.17) is 9.84 Å².